The Morgan fingerprint density at radius 3 is 2.86 bits per heavy atom. The Bertz CT molecular complexity index is 956. The number of methoxy groups -OCH3 is 1. The standard InChI is InChI=1S/C20H21N5O2S/c1-27-17-7-3-2-5-14(17)12-22-18(26)13-28-20-24-23-19(25(20)16-8-9-16)15-6-4-10-21-11-15/h2-7,10-11,16H,8-9,12-13H2,1H3,(H,22,26). The summed E-state index contributed by atoms with van der Waals surface area (Å²) in [5.74, 6) is 1.81. The summed E-state index contributed by atoms with van der Waals surface area (Å²) in [4.78, 5) is 16.5. The molecule has 1 N–H and O–H groups in total. The van der Waals surface area contributed by atoms with E-state index < -0.39 is 0 Å². The first kappa shape index (κ1) is 18.5. The molecule has 0 bridgehead atoms. The maximum atomic E-state index is 12.3. The fraction of sp³-hybridized carbons (Fsp3) is 0.300. The monoisotopic (exact) mass is 395 g/mol. The third-order valence-corrected chi connectivity index (χ3v) is 5.44. The van der Waals surface area contributed by atoms with E-state index in [0.717, 1.165) is 40.7 Å². The van der Waals surface area contributed by atoms with E-state index in [1.165, 1.54) is 11.8 Å². The van der Waals surface area contributed by atoms with Crippen LogP contribution in [-0.4, -0.2) is 38.5 Å². The van der Waals surface area contributed by atoms with Gasteiger partial charge in [0.05, 0.1) is 12.9 Å². The highest BCUT2D eigenvalue weighted by Gasteiger charge is 2.30. The molecule has 7 nitrogen and oxygen atoms in total. The normalized spacial score (nSPS) is 13.3. The summed E-state index contributed by atoms with van der Waals surface area (Å²) in [6, 6.07) is 11.9. The minimum Gasteiger partial charge on any atom is -0.496 e. The molecule has 28 heavy (non-hydrogen) atoms. The predicted molar refractivity (Wildman–Crippen MR) is 107 cm³/mol. The average molecular weight is 395 g/mol. The van der Waals surface area contributed by atoms with Crippen molar-refractivity contribution in [2.45, 2.75) is 30.6 Å². The lowest BCUT2D eigenvalue weighted by atomic mass is 10.2. The van der Waals surface area contributed by atoms with Crippen molar-refractivity contribution in [2.24, 2.45) is 0 Å². The molecule has 3 aromatic rings. The molecule has 0 atom stereocenters. The number of nitrogens with zero attached hydrogens (tertiary/aromatic N) is 4. The van der Waals surface area contributed by atoms with Crippen LogP contribution in [0.25, 0.3) is 11.4 Å². The summed E-state index contributed by atoms with van der Waals surface area (Å²) >= 11 is 1.41. The quantitative estimate of drug-likeness (QED) is 0.590. The lowest BCUT2D eigenvalue weighted by Gasteiger charge is -2.10. The first-order valence-electron chi connectivity index (χ1n) is 9.13. The minimum absolute atomic E-state index is 0.0517. The first-order valence-corrected chi connectivity index (χ1v) is 10.1. The zero-order valence-electron chi connectivity index (χ0n) is 15.5. The maximum absolute atomic E-state index is 12.3. The predicted octanol–water partition coefficient (Wildman–Crippen LogP) is 3.09. The Morgan fingerprint density at radius 1 is 1.25 bits per heavy atom. The molecule has 1 aliphatic rings. The molecule has 1 aromatic carbocycles. The zero-order chi connectivity index (χ0) is 19.3. The smallest absolute Gasteiger partial charge is 0.230 e. The Labute approximate surface area is 167 Å². The third-order valence-electron chi connectivity index (χ3n) is 4.50. The van der Waals surface area contributed by atoms with Crippen LogP contribution in [0, 0.1) is 0 Å². The van der Waals surface area contributed by atoms with Crippen LogP contribution in [0.3, 0.4) is 0 Å². The van der Waals surface area contributed by atoms with Crippen LogP contribution < -0.4 is 10.1 Å². The van der Waals surface area contributed by atoms with Crippen molar-refractivity contribution < 1.29 is 9.53 Å². The van der Waals surface area contributed by atoms with Gasteiger partial charge in [-0.3, -0.25) is 14.3 Å². The van der Waals surface area contributed by atoms with Crippen LogP contribution in [0.2, 0.25) is 0 Å². The molecule has 144 valence electrons. The summed E-state index contributed by atoms with van der Waals surface area (Å²) in [6.45, 7) is 0.430. The SMILES string of the molecule is COc1ccccc1CNC(=O)CSc1nnc(-c2cccnc2)n1C1CC1. The second kappa shape index (κ2) is 8.43. The van der Waals surface area contributed by atoms with Gasteiger partial charge in [-0.15, -0.1) is 10.2 Å². The largest absolute Gasteiger partial charge is 0.496 e. The molecular formula is C20H21N5O2S. The van der Waals surface area contributed by atoms with Crippen LogP contribution in [0.15, 0.2) is 53.9 Å². The van der Waals surface area contributed by atoms with E-state index >= 15 is 0 Å². The highest BCUT2D eigenvalue weighted by Crippen LogP contribution is 2.40. The molecule has 0 saturated heterocycles. The number of hydrogen-bond donors (Lipinski definition) is 1. The van der Waals surface area contributed by atoms with Gasteiger partial charge in [-0.1, -0.05) is 30.0 Å². The molecule has 2 heterocycles. The number of aromatic nitrogens is 4. The Kier molecular flexibility index (Phi) is 5.57. The van der Waals surface area contributed by atoms with Gasteiger partial charge in [-0.05, 0) is 31.0 Å². The summed E-state index contributed by atoms with van der Waals surface area (Å²) < 4.78 is 7.45. The number of rotatable bonds is 8. The van der Waals surface area contributed by atoms with Gasteiger partial charge >= 0.3 is 0 Å². The van der Waals surface area contributed by atoms with Crippen LogP contribution in [0.5, 0.6) is 5.75 Å². The number of hydrogen-bond acceptors (Lipinski definition) is 6. The van der Waals surface area contributed by atoms with Crippen LogP contribution in [-0.2, 0) is 11.3 Å². The van der Waals surface area contributed by atoms with Gasteiger partial charge in [0.2, 0.25) is 5.91 Å². The molecule has 0 radical (unpaired) electrons. The maximum Gasteiger partial charge on any atom is 0.230 e. The molecule has 1 fully saturated rings. The van der Waals surface area contributed by atoms with Crippen molar-refractivity contribution in [3.8, 4) is 17.1 Å². The van der Waals surface area contributed by atoms with Crippen molar-refractivity contribution in [1.29, 1.82) is 0 Å². The topological polar surface area (TPSA) is 81.9 Å². The number of nitrogens with one attached hydrogen (secondary N) is 1. The first-order chi connectivity index (χ1) is 13.8. The molecule has 8 heteroatoms. The van der Waals surface area contributed by atoms with Gasteiger partial charge in [0, 0.05) is 36.1 Å². The van der Waals surface area contributed by atoms with Crippen molar-refractivity contribution in [3.63, 3.8) is 0 Å². The molecule has 0 spiro atoms. The lowest BCUT2D eigenvalue weighted by molar-refractivity contribution is -0.118. The van der Waals surface area contributed by atoms with Gasteiger partial charge < -0.3 is 10.1 Å². The van der Waals surface area contributed by atoms with Gasteiger partial charge in [0.25, 0.3) is 0 Å². The summed E-state index contributed by atoms with van der Waals surface area (Å²) in [6.07, 6.45) is 5.75. The van der Waals surface area contributed by atoms with Gasteiger partial charge in [-0.25, -0.2) is 0 Å². The number of benzene rings is 1. The minimum atomic E-state index is -0.0517. The molecule has 1 saturated carbocycles. The Hall–Kier alpha value is -2.87. The number of carbonyl (C=O) groups excluding carboxylic acids is 1. The molecule has 2 aromatic heterocycles. The van der Waals surface area contributed by atoms with Crippen molar-refractivity contribution >= 4 is 17.7 Å². The van der Waals surface area contributed by atoms with Crippen LogP contribution in [0.4, 0.5) is 0 Å². The second-order valence-electron chi connectivity index (χ2n) is 6.53. The van der Waals surface area contributed by atoms with E-state index in [2.05, 4.69) is 25.1 Å². The number of carbonyl (C=O) groups is 1. The molecule has 1 amide bonds. The van der Waals surface area contributed by atoms with Crippen LogP contribution in [0.1, 0.15) is 24.4 Å². The highest BCUT2D eigenvalue weighted by molar-refractivity contribution is 7.99. The van der Waals surface area contributed by atoms with Crippen molar-refractivity contribution in [3.05, 3.63) is 54.4 Å². The van der Waals surface area contributed by atoms with E-state index in [4.69, 9.17) is 4.74 Å². The number of pyridine rings is 1. The zero-order valence-corrected chi connectivity index (χ0v) is 16.4. The van der Waals surface area contributed by atoms with E-state index in [1.54, 1.807) is 19.5 Å². The third kappa shape index (κ3) is 4.17. The van der Waals surface area contributed by atoms with Gasteiger partial charge in [-0.2, -0.15) is 0 Å². The number of thioether (sulfide) groups is 1. The molecule has 1 aliphatic carbocycles. The summed E-state index contributed by atoms with van der Waals surface area (Å²) in [5, 5.41) is 12.4. The second-order valence-corrected chi connectivity index (χ2v) is 7.47. The van der Waals surface area contributed by atoms with Gasteiger partial charge in [0.1, 0.15) is 5.75 Å². The molecular weight excluding hydrogens is 374 g/mol. The molecule has 0 aliphatic heterocycles. The lowest BCUT2D eigenvalue weighted by Crippen LogP contribution is -2.25. The van der Waals surface area contributed by atoms with E-state index in [-0.39, 0.29) is 11.7 Å². The number of para-hydroxylation sites is 1. The van der Waals surface area contributed by atoms with Crippen molar-refractivity contribution in [2.75, 3.05) is 12.9 Å². The van der Waals surface area contributed by atoms with E-state index in [1.807, 2.05) is 36.4 Å². The summed E-state index contributed by atoms with van der Waals surface area (Å²) in [5.41, 5.74) is 1.89. The van der Waals surface area contributed by atoms with Crippen LogP contribution >= 0.6 is 11.8 Å². The highest BCUT2D eigenvalue weighted by atomic mass is 32.2. The fourth-order valence-corrected chi connectivity index (χ4v) is 3.79. The van der Waals surface area contributed by atoms with E-state index in [9.17, 15) is 4.79 Å². The van der Waals surface area contributed by atoms with E-state index in [0.29, 0.717) is 12.6 Å². The number of amides is 1. The number of ether oxygens (including phenoxy) is 1. The summed E-state index contributed by atoms with van der Waals surface area (Å²) in [7, 11) is 1.63. The average Bonchev–Trinajstić information content (AvgIpc) is 3.50. The Morgan fingerprint density at radius 2 is 2.11 bits per heavy atom. The van der Waals surface area contributed by atoms with Gasteiger partial charge in [0.15, 0.2) is 11.0 Å². The molecule has 4 rings (SSSR count). The van der Waals surface area contributed by atoms with Crippen molar-refractivity contribution in [1.82, 2.24) is 25.1 Å². The fourth-order valence-electron chi connectivity index (χ4n) is 2.95. The molecule has 0 unspecified atom stereocenters. The Balaban J connectivity index is 1.40.